The molecule has 24 heavy (non-hydrogen) atoms. The van der Waals surface area contributed by atoms with Gasteiger partial charge in [-0.3, -0.25) is 14.5 Å². The molecule has 0 radical (unpaired) electrons. The van der Waals surface area contributed by atoms with Gasteiger partial charge in [0.25, 0.3) is 0 Å². The van der Waals surface area contributed by atoms with Gasteiger partial charge >= 0.3 is 0 Å². The number of nitrogens with one attached hydrogen (secondary N) is 1. The smallest absolute Gasteiger partial charge is 0.244 e. The Morgan fingerprint density at radius 3 is 1.96 bits per heavy atom. The zero-order valence-corrected chi connectivity index (χ0v) is 16.9. The number of amides is 2. The molecule has 0 spiro atoms. The monoisotopic (exact) mass is 343 g/mol. The maximum atomic E-state index is 12.8. The molecule has 0 bridgehead atoms. The number of rotatable bonds is 10. The fourth-order valence-corrected chi connectivity index (χ4v) is 2.87. The van der Waals surface area contributed by atoms with Crippen LogP contribution in [0, 0.1) is 5.92 Å². The maximum absolute atomic E-state index is 12.8. The van der Waals surface area contributed by atoms with Gasteiger partial charge in [-0.25, -0.2) is 0 Å². The van der Waals surface area contributed by atoms with Crippen molar-refractivity contribution in [1.82, 2.24) is 15.1 Å². The lowest BCUT2D eigenvalue weighted by Gasteiger charge is -2.38. The van der Waals surface area contributed by atoms with E-state index in [1.807, 2.05) is 25.9 Å². The Bertz CT molecular complexity index is 397. The van der Waals surface area contributed by atoms with Gasteiger partial charge in [0, 0.05) is 14.2 Å². The Morgan fingerprint density at radius 1 is 1.04 bits per heavy atom. The van der Waals surface area contributed by atoms with Gasteiger partial charge < -0.3 is 15.0 Å². The molecule has 0 aliphatic rings. The molecule has 0 fully saturated rings. The van der Waals surface area contributed by atoms with Gasteiger partial charge in [-0.1, -0.05) is 27.2 Å². The number of ether oxygens (including phenoxy) is 1. The van der Waals surface area contributed by atoms with E-state index in [9.17, 15) is 9.59 Å². The Hall–Kier alpha value is -1.14. The summed E-state index contributed by atoms with van der Waals surface area (Å²) in [5, 5.41) is 2.82. The largest absolute Gasteiger partial charge is 0.379 e. The highest BCUT2D eigenvalue weighted by Gasteiger charge is 2.33. The van der Waals surface area contributed by atoms with Crippen LogP contribution in [0.15, 0.2) is 0 Å². The van der Waals surface area contributed by atoms with Crippen molar-refractivity contribution in [2.45, 2.75) is 71.7 Å². The van der Waals surface area contributed by atoms with E-state index in [4.69, 9.17) is 4.74 Å². The van der Waals surface area contributed by atoms with Crippen LogP contribution in [0.3, 0.4) is 0 Å². The topological polar surface area (TPSA) is 61.9 Å². The fourth-order valence-electron chi connectivity index (χ4n) is 2.87. The number of nitrogens with zero attached hydrogens (tertiary/aromatic N) is 2. The van der Waals surface area contributed by atoms with E-state index in [1.165, 1.54) is 0 Å². The predicted octanol–water partition coefficient (Wildman–Crippen LogP) is 1.74. The van der Waals surface area contributed by atoms with E-state index in [0.717, 1.165) is 12.8 Å². The molecule has 6 nitrogen and oxygen atoms in total. The average molecular weight is 344 g/mol. The summed E-state index contributed by atoms with van der Waals surface area (Å²) < 4.78 is 5.60. The minimum Gasteiger partial charge on any atom is -0.379 e. The van der Waals surface area contributed by atoms with Gasteiger partial charge in [0.2, 0.25) is 11.8 Å². The first-order chi connectivity index (χ1) is 11.1. The number of hydrogen-bond acceptors (Lipinski definition) is 4. The van der Waals surface area contributed by atoms with Gasteiger partial charge in [-0.05, 0) is 40.3 Å². The number of carbonyl (C=O) groups excluding carboxylic acids is 2. The van der Waals surface area contributed by atoms with Crippen LogP contribution >= 0.6 is 0 Å². The summed E-state index contributed by atoms with van der Waals surface area (Å²) in [6.07, 6.45) is 1.78. The number of hydrogen-bond donors (Lipinski definition) is 1. The second kappa shape index (κ2) is 10.7. The van der Waals surface area contributed by atoms with E-state index >= 15 is 0 Å². The molecule has 6 heteroatoms. The molecule has 0 aliphatic carbocycles. The van der Waals surface area contributed by atoms with E-state index in [-0.39, 0.29) is 30.0 Å². The van der Waals surface area contributed by atoms with Gasteiger partial charge in [0.15, 0.2) is 0 Å². The zero-order chi connectivity index (χ0) is 19.0. The highest BCUT2D eigenvalue weighted by molar-refractivity contribution is 5.89. The summed E-state index contributed by atoms with van der Waals surface area (Å²) in [5.74, 6) is 0.0793. The highest BCUT2D eigenvalue weighted by Crippen LogP contribution is 2.21. The SMILES string of the molecule is CCC(C)C(C(CC)OC)N(C)C(=O)C(C)NC(=O)C(C)N(C)C. The lowest BCUT2D eigenvalue weighted by Crippen LogP contribution is -2.56. The van der Waals surface area contributed by atoms with Crippen LogP contribution in [0.4, 0.5) is 0 Å². The molecule has 0 heterocycles. The van der Waals surface area contributed by atoms with Gasteiger partial charge in [0.05, 0.1) is 18.2 Å². The van der Waals surface area contributed by atoms with Crippen molar-refractivity contribution in [3.05, 3.63) is 0 Å². The van der Waals surface area contributed by atoms with Crippen molar-refractivity contribution < 1.29 is 14.3 Å². The predicted molar refractivity (Wildman–Crippen MR) is 97.9 cm³/mol. The summed E-state index contributed by atoms with van der Waals surface area (Å²) in [4.78, 5) is 28.6. The highest BCUT2D eigenvalue weighted by atomic mass is 16.5. The first-order valence-electron chi connectivity index (χ1n) is 8.88. The summed E-state index contributed by atoms with van der Waals surface area (Å²) >= 11 is 0. The van der Waals surface area contributed by atoms with Crippen LogP contribution in [-0.2, 0) is 14.3 Å². The fraction of sp³-hybridized carbons (Fsp3) is 0.889. The van der Waals surface area contributed by atoms with E-state index in [2.05, 4.69) is 26.1 Å². The van der Waals surface area contributed by atoms with Crippen LogP contribution in [-0.4, -0.2) is 74.1 Å². The molecule has 0 rings (SSSR count). The minimum atomic E-state index is -0.564. The molecule has 0 aromatic rings. The van der Waals surface area contributed by atoms with Crippen LogP contribution in [0.25, 0.3) is 0 Å². The van der Waals surface area contributed by atoms with E-state index < -0.39 is 6.04 Å². The molecule has 142 valence electrons. The average Bonchev–Trinajstić information content (AvgIpc) is 2.56. The molecular formula is C18H37N3O3. The van der Waals surface area contributed by atoms with Gasteiger partial charge in [-0.2, -0.15) is 0 Å². The molecule has 2 amide bonds. The van der Waals surface area contributed by atoms with Crippen molar-refractivity contribution in [2.24, 2.45) is 5.92 Å². The van der Waals surface area contributed by atoms with Crippen LogP contribution in [0.1, 0.15) is 47.5 Å². The summed E-state index contributed by atoms with van der Waals surface area (Å²) in [6, 6.07) is -0.854. The third-order valence-electron chi connectivity index (χ3n) is 4.99. The van der Waals surface area contributed by atoms with Gasteiger partial charge in [0.1, 0.15) is 6.04 Å². The molecule has 5 atom stereocenters. The zero-order valence-electron chi connectivity index (χ0n) is 16.9. The second-order valence-corrected chi connectivity index (χ2v) is 6.88. The Morgan fingerprint density at radius 2 is 1.58 bits per heavy atom. The van der Waals surface area contributed by atoms with Crippen LogP contribution < -0.4 is 5.32 Å². The molecule has 5 unspecified atom stereocenters. The van der Waals surface area contributed by atoms with Crippen molar-refractivity contribution in [3.8, 4) is 0 Å². The number of methoxy groups -OCH3 is 1. The molecular weight excluding hydrogens is 306 g/mol. The number of likely N-dealkylation sites (N-methyl/N-ethyl adjacent to an activating group) is 2. The van der Waals surface area contributed by atoms with E-state index in [1.54, 1.807) is 26.0 Å². The lowest BCUT2D eigenvalue weighted by atomic mass is 9.91. The molecule has 1 N–H and O–H groups in total. The summed E-state index contributed by atoms with van der Waals surface area (Å²) in [7, 11) is 7.17. The van der Waals surface area contributed by atoms with Crippen molar-refractivity contribution in [3.63, 3.8) is 0 Å². The molecule has 0 aromatic heterocycles. The minimum absolute atomic E-state index is 0.0110. The van der Waals surface area contributed by atoms with E-state index in [0.29, 0.717) is 5.92 Å². The third kappa shape index (κ3) is 6.06. The van der Waals surface area contributed by atoms with Crippen LogP contribution in [0.2, 0.25) is 0 Å². The molecule has 0 saturated heterocycles. The van der Waals surface area contributed by atoms with Gasteiger partial charge in [-0.15, -0.1) is 0 Å². The Labute approximate surface area is 147 Å². The molecule has 0 saturated carbocycles. The Kier molecular flexibility index (Phi) is 10.2. The number of carbonyl (C=O) groups is 2. The Balaban J connectivity index is 5.11. The normalized spacial score (nSPS) is 17.8. The summed E-state index contributed by atoms with van der Waals surface area (Å²) in [6.45, 7) is 9.86. The third-order valence-corrected chi connectivity index (χ3v) is 4.99. The van der Waals surface area contributed by atoms with Crippen molar-refractivity contribution in [2.75, 3.05) is 28.3 Å². The van der Waals surface area contributed by atoms with Crippen LogP contribution in [0.5, 0.6) is 0 Å². The molecule has 0 aliphatic heterocycles. The quantitative estimate of drug-likeness (QED) is 0.656. The standard InChI is InChI=1S/C18H37N3O3/c1-10-12(3)16(15(11-2)24-9)21(8)18(23)13(4)19-17(22)14(5)20(6)7/h12-16H,10-11H2,1-9H3,(H,19,22). The summed E-state index contributed by atoms with van der Waals surface area (Å²) in [5.41, 5.74) is 0. The van der Waals surface area contributed by atoms with Crippen molar-refractivity contribution in [1.29, 1.82) is 0 Å². The van der Waals surface area contributed by atoms with Crippen molar-refractivity contribution >= 4 is 11.8 Å². The molecule has 0 aromatic carbocycles. The lowest BCUT2D eigenvalue weighted by molar-refractivity contribution is -0.141. The first-order valence-corrected chi connectivity index (χ1v) is 8.88. The first kappa shape index (κ1) is 22.9. The maximum Gasteiger partial charge on any atom is 0.244 e. The second-order valence-electron chi connectivity index (χ2n) is 6.88.